The molecule has 2 aromatic carbocycles. The summed E-state index contributed by atoms with van der Waals surface area (Å²) in [6.45, 7) is 5.25. The lowest BCUT2D eigenvalue weighted by Gasteiger charge is -2.54. The number of rotatable bonds is 6. The summed E-state index contributed by atoms with van der Waals surface area (Å²) >= 11 is 0. The highest BCUT2D eigenvalue weighted by Crippen LogP contribution is 2.56. The van der Waals surface area contributed by atoms with E-state index in [4.69, 9.17) is 4.74 Å². The van der Waals surface area contributed by atoms with Crippen LogP contribution in [0.15, 0.2) is 48.5 Å². The highest BCUT2D eigenvalue weighted by Gasteiger charge is 2.60. The Balaban J connectivity index is 1.47. The molecule has 1 saturated heterocycles. The number of carbonyl (C=O) groups is 1. The van der Waals surface area contributed by atoms with Crippen molar-refractivity contribution in [3.05, 3.63) is 59.7 Å². The van der Waals surface area contributed by atoms with Crippen LogP contribution in [0.2, 0.25) is 0 Å². The first-order valence-electron chi connectivity index (χ1n) is 11.9. The van der Waals surface area contributed by atoms with Crippen LogP contribution in [0.4, 0.5) is 5.69 Å². The molecule has 1 N–H and O–H groups in total. The normalized spacial score (nSPS) is 29.6. The number of nitrogens with one attached hydrogen (secondary N) is 1. The van der Waals surface area contributed by atoms with E-state index in [-0.39, 0.29) is 17.4 Å². The highest BCUT2D eigenvalue weighted by atomic mass is 16.5. The third-order valence-corrected chi connectivity index (χ3v) is 8.00. The molecule has 1 saturated carbocycles. The molecule has 2 aromatic rings. The van der Waals surface area contributed by atoms with Crippen molar-refractivity contribution in [3.8, 4) is 5.75 Å². The molecule has 1 aliphatic carbocycles. The molecule has 1 spiro atoms. The van der Waals surface area contributed by atoms with Gasteiger partial charge in [-0.3, -0.25) is 9.69 Å². The Bertz CT molecular complexity index is 941. The fourth-order valence-corrected chi connectivity index (χ4v) is 6.51. The third-order valence-electron chi connectivity index (χ3n) is 8.00. The monoisotopic (exact) mass is 418 g/mol. The number of ether oxygens (including phenoxy) is 1. The number of methoxy groups -OCH3 is 1. The smallest absolute Gasteiger partial charge is 0.138 e. The molecular formula is C27H34N2O2. The maximum Gasteiger partial charge on any atom is 0.138 e. The first-order valence-corrected chi connectivity index (χ1v) is 11.9. The van der Waals surface area contributed by atoms with Gasteiger partial charge in [-0.15, -0.1) is 0 Å². The number of para-hydroxylation sites is 1. The molecule has 164 valence electrons. The van der Waals surface area contributed by atoms with E-state index in [0.717, 1.165) is 57.5 Å². The molecule has 0 bridgehead atoms. The Hall–Kier alpha value is -2.33. The van der Waals surface area contributed by atoms with Crippen molar-refractivity contribution in [1.29, 1.82) is 0 Å². The van der Waals surface area contributed by atoms with Crippen LogP contribution in [0.25, 0.3) is 0 Å². The van der Waals surface area contributed by atoms with Gasteiger partial charge in [-0.2, -0.15) is 0 Å². The Morgan fingerprint density at radius 2 is 1.97 bits per heavy atom. The fraction of sp³-hybridized carbons (Fsp3) is 0.519. The quantitative estimate of drug-likeness (QED) is 0.715. The zero-order valence-electron chi connectivity index (χ0n) is 18.8. The molecular weight excluding hydrogens is 384 g/mol. The van der Waals surface area contributed by atoms with Crippen LogP contribution in [0, 0.1) is 11.8 Å². The minimum Gasteiger partial charge on any atom is -0.497 e. The number of hydrogen-bond donors (Lipinski definition) is 1. The zero-order valence-corrected chi connectivity index (χ0v) is 18.8. The van der Waals surface area contributed by atoms with Gasteiger partial charge in [0.1, 0.15) is 11.5 Å². The van der Waals surface area contributed by atoms with Gasteiger partial charge in [0.15, 0.2) is 0 Å². The summed E-state index contributed by atoms with van der Waals surface area (Å²) in [6, 6.07) is 17.5. The maximum atomic E-state index is 13.2. The SMILES string of the molecule is CCCC[C@H]1C(=O)C[C@H]2CCN(Cc3ccc(OC)cc3)C[C@@]23c2ccccc2N[C@@H]13. The van der Waals surface area contributed by atoms with Crippen LogP contribution < -0.4 is 10.1 Å². The van der Waals surface area contributed by atoms with Crippen molar-refractivity contribution in [3.63, 3.8) is 0 Å². The number of nitrogens with zero attached hydrogens (tertiary/aromatic N) is 1. The van der Waals surface area contributed by atoms with Crippen LogP contribution >= 0.6 is 0 Å². The Kier molecular flexibility index (Phi) is 5.51. The number of ketones is 1. The van der Waals surface area contributed by atoms with Gasteiger partial charge >= 0.3 is 0 Å². The van der Waals surface area contributed by atoms with E-state index in [1.165, 1.54) is 16.8 Å². The molecule has 2 aliphatic heterocycles. The molecule has 3 aliphatic rings. The summed E-state index contributed by atoms with van der Waals surface area (Å²) in [6.07, 6.45) is 5.12. The first-order chi connectivity index (χ1) is 15.2. The second-order valence-electron chi connectivity index (χ2n) is 9.67. The van der Waals surface area contributed by atoms with Crippen LogP contribution in [0.5, 0.6) is 5.75 Å². The summed E-state index contributed by atoms with van der Waals surface area (Å²) in [4.78, 5) is 15.8. The van der Waals surface area contributed by atoms with Crippen molar-refractivity contribution in [2.75, 3.05) is 25.5 Å². The summed E-state index contributed by atoms with van der Waals surface area (Å²) in [5.41, 5.74) is 4.05. The zero-order chi connectivity index (χ0) is 21.4. The molecule has 4 heteroatoms. The topological polar surface area (TPSA) is 41.6 Å². The van der Waals surface area contributed by atoms with E-state index in [0.29, 0.717) is 11.7 Å². The molecule has 4 atom stereocenters. The number of piperidine rings is 1. The number of hydrogen-bond acceptors (Lipinski definition) is 4. The summed E-state index contributed by atoms with van der Waals surface area (Å²) in [5, 5.41) is 3.85. The molecule has 0 amide bonds. The summed E-state index contributed by atoms with van der Waals surface area (Å²) < 4.78 is 5.32. The van der Waals surface area contributed by atoms with E-state index in [9.17, 15) is 4.79 Å². The van der Waals surface area contributed by atoms with Crippen molar-refractivity contribution < 1.29 is 9.53 Å². The fourth-order valence-electron chi connectivity index (χ4n) is 6.51. The molecule has 0 radical (unpaired) electrons. The van der Waals surface area contributed by atoms with E-state index in [1.54, 1.807) is 7.11 Å². The second kappa shape index (κ2) is 8.31. The average Bonchev–Trinajstić information content (AvgIpc) is 3.12. The van der Waals surface area contributed by atoms with Gasteiger partial charge < -0.3 is 10.1 Å². The minimum absolute atomic E-state index is 0.0353. The highest BCUT2D eigenvalue weighted by molar-refractivity contribution is 5.86. The predicted molar refractivity (Wildman–Crippen MR) is 125 cm³/mol. The standard InChI is InChI=1S/C27H34N2O2/c1-3-4-7-22-25(30)16-20-14-15-29(17-19-10-12-21(31-2)13-11-19)18-27(20)23-8-5-6-9-24(23)28-26(22)27/h5-6,8-13,20,22,26,28H,3-4,7,14-18H2,1-2H3/t20-,22+,26+,27+/m1/s1. The van der Waals surface area contributed by atoms with Crippen molar-refractivity contribution in [1.82, 2.24) is 4.90 Å². The number of fused-ring (bicyclic) bond motifs is 1. The van der Waals surface area contributed by atoms with Crippen molar-refractivity contribution in [2.45, 2.75) is 57.0 Å². The number of anilines is 1. The van der Waals surface area contributed by atoms with Gasteiger partial charge in [0.2, 0.25) is 0 Å². The number of likely N-dealkylation sites (tertiary alicyclic amines) is 1. The van der Waals surface area contributed by atoms with Gasteiger partial charge in [0.05, 0.1) is 7.11 Å². The van der Waals surface area contributed by atoms with Gasteiger partial charge in [0, 0.05) is 42.6 Å². The molecule has 31 heavy (non-hydrogen) atoms. The van der Waals surface area contributed by atoms with E-state index in [2.05, 4.69) is 65.7 Å². The Morgan fingerprint density at radius 1 is 1.16 bits per heavy atom. The first kappa shape index (κ1) is 20.6. The lowest BCUT2D eigenvalue weighted by atomic mass is 9.55. The number of carbonyl (C=O) groups excluding carboxylic acids is 1. The maximum absolute atomic E-state index is 13.2. The molecule has 2 heterocycles. The Labute approximate surface area is 186 Å². The largest absolute Gasteiger partial charge is 0.497 e. The molecule has 0 aromatic heterocycles. The third kappa shape index (κ3) is 3.45. The second-order valence-corrected chi connectivity index (χ2v) is 9.67. The predicted octanol–water partition coefficient (Wildman–Crippen LogP) is 5.03. The van der Waals surface area contributed by atoms with Crippen LogP contribution in [0.3, 0.4) is 0 Å². The minimum atomic E-state index is 0.0353. The van der Waals surface area contributed by atoms with E-state index in [1.807, 2.05) is 0 Å². The lowest BCUT2D eigenvalue weighted by molar-refractivity contribution is -0.131. The van der Waals surface area contributed by atoms with E-state index >= 15 is 0 Å². The van der Waals surface area contributed by atoms with Crippen molar-refractivity contribution >= 4 is 11.5 Å². The van der Waals surface area contributed by atoms with Gasteiger partial charge in [-0.25, -0.2) is 0 Å². The van der Waals surface area contributed by atoms with E-state index < -0.39 is 0 Å². The van der Waals surface area contributed by atoms with Crippen LogP contribution in [-0.4, -0.2) is 36.9 Å². The molecule has 2 fully saturated rings. The van der Waals surface area contributed by atoms with Crippen LogP contribution in [0.1, 0.15) is 50.2 Å². The average molecular weight is 419 g/mol. The van der Waals surface area contributed by atoms with Crippen LogP contribution in [-0.2, 0) is 16.8 Å². The lowest BCUT2D eigenvalue weighted by Crippen LogP contribution is -2.63. The molecule has 5 rings (SSSR count). The molecule has 4 nitrogen and oxygen atoms in total. The van der Waals surface area contributed by atoms with Gasteiger partial charge in [-0.1, -0.05) is 50.1 Å². The number of unbranched alkanes of at least 4 members (excludes halogenated alkanes) is 1. The van der Waals surface area contributed by atoms with Crippen molar-refractivity contribution in [2.24, 2.45) is 11.8 Å². The summed E-state index contributed by atoms with van der Waals surface area (Å²) in [7, 11) is 1.71. The molecule has 0 unspecified atom stereocenters. The number of Topliss-reactive ketones (excluding diaryl/α,β-unsaturated/α-hetero) is 1. The van der Waals surface area contributed by atoms with Gasteiger partial charge in [0.25, 0.3) is 0 Å². The van der Waals surface area contributed by atoms with Gasteiger partial charge in [-0.05, 0) is 54.6 Å². The number of benzene rings is 2. The summed E-state index contributed by atoms with van der Waals surface area (Å²) in [5.74, 6) is 1.96. The Morgan fingerprint density at radius 3 is 2.74 bits per heavy atom.